The molecule has 26 heavy (non-hydrogen) atoms. The maximum Gasteiger partial charge on any atom is 0.416 e. The Kier molecular flexibility index (Phi) is 5.94. The normalized spacial score (nSPS) is 20.4. The number of anilines is 1. The predicted octanol–water partition coefficient (Wildman–Crippen LogP) is 2.40. The number of amides is 1. The van der Waals surface area contributed by atoms with Gasteiger partial charge in [-0.3, -0.25) is 9.59 Å². The van der Waals surface area contributed by atoms with Crippen molar-refractivity contribution >= 4 is 27.4 Å². The molecular weight excluding hydrogens is 375 g/mol. The number of carbonyl (C=O) groups excluding carboxylic acids is 2. The highest BCUT2D eigenvalue weighted by atomic mass is 32.2. The Morgan fingerprint density at radius 1 is 1.27 bits per heavy atom. The van der Waals surface area contributed by atoms with Gasteiger partial charge >= 0.3 is 12.1 Å². The number of ether oxygens (including phenoxy) is 1. The molecule has 10 heteroatoms. The highest BCUT2D eigenvalue weighted by Gasteiger charge is 2.31. The average Bonchev–Trinajstić information content (AvgIpc) is 2.85. The molecule has 6 nitrogen and oxygen atoms in total. The number of alkyl halides is 3. The summed E-state index contributed by atoms with van der Waals surface area (Å²) in [6, 6.07) is 3.84. The number of esters is 1. The van der Waals surface area contributed by atoms with E-state index < -0.39 is 39.6 Å². The van der Waals surface area contributed by atoms with Gasteiger partial charge in [-0.15, -0.1) is 0 Å². The minimum absolute atomic E-state index is 0.0366. The SMILES string of the molecule is C[C@H](OC(=O)C[C@H]1CCS(=O)(=O)C1)C(=O)Nc1ccc(C(F)(F)F)cc1. The summed E-state index contributed by atoms with van der Waals surface area (Å²) in [5.41, 5.74) is -0.714. The Morgan fingerprint density at radius 2 is 1.88 bits per heavy atom. The second-order valence-electron chi connectivity index (χ2n) is 6.17. The number of rotatable bonds is 5. The summed E-state index contributed by atoms with van der Waals surface area (Å²) in [4.78, 5) is 23.8. The third-order valence-electron chi connectivity index (χ3n) is 3.94. The Balaban J connectivity index is 1.84. The summed E-state index contributed by atoms with van der Waals surface area (Å²) in [5.74, 6) is -1.75. The molecule has 0 aliphatic carbocycles. The van der Waals surface area contributed by atoms with Crippen molar-refractivity contribution in [3.05, 3.63) is 29.8 Å². The molecule has 1 aliphatic rings. The molecule has 1 N–H and O–H groups in total. The van der Waals surface area contributed by atoms with Crippen LogP contribution in [0.3, 0.4) is 0 Å². The lowest BCUT2D eigenvalue weighted by atomic mass is 10.1. The largest absolute Gasteiger partial charge is 0.453 e. The maximum absolute atomic E-state index is 12.5. The van der Waals surface area contributed by atoms with E-state index in [9.17, 15) is 31.2 Å². The zero-order valence-corrected chi connectivity index (χ0v) is 14.7. The van der Waals surface area contributed by atoms with E-state index in [1.54, 1.807) is 0 Å². The van der Waals surface area contributed by atoms with E-state index in [1.807, 2.05) is 0 Å². The van der Waals surface area contributed by atoms with Gasteiger partial charge in [0.2, 0.25) is 0 Å². The van der Waals surface area contributed by atoms with Crippen LogP contribution in [0, 0.1) is 5.92 Å². The molecule has 1 aromatic rings. The first-order chi connectivity index (χ1) is 12.0. The Morgan fingerprint density at radius 3 is 2.38 bits per heavy atom. The van der Waals surface area contributed by atoms with E-state index in [0.717, 1.165) is 24.3 Å². The van der Waals surface area contributed by atoms with Crippen LogP contribution >= 0.6 is 0 Å². The molecule has 1 heterocycles. The van der Waals surface area contributed by atoms with Gasteiger partial charge in [-0.25, -0.2) is 8.42 Å². The summed E-state index contributed by atoms with van der Waals surface area (Å²) < 4.78 is 65.1. The minimum Gasteiger partial charge on any atom is -0.453 e. The molecule has 144 valence electrons. The fourth-order valence-corrected chi connectivity index (χ4v) is 4.42. The van der Waals surface area contributed by atoms with Crippen molar-refractivity contribution < 1.29 is 35.9 Å². The molecule has 0 spiro atoms. The monoisotopic (exact) mass is 393 g/mol. The van der Waals surface area contributed by atoms with E-state index in [0.29, 0.717) is 6.42 Å². The smallest absolute Gasteiger partial charge is 0.416 e. The second-order valence-corrected chi connectivity index (χ2v) is 8.40. The van der Waals surface area contributed by atoms with Crippen LogP contribution in [0.5, 0.6) is 0 Å². The van der Waals surface area contributed by atoms with Gasteiger partial charge in [0.25, 0.3) is 5.91 Å². The van der Waals surface area contributed by atoms with E-state index in [-0.39, 0.29) is 29.5 Å². The number of hydrogen-bond donors (Lipinski definition) is 1. The lowest BCUT2D eigenvalue weighted by Crippen LogP contribution is -2.30. The number of nitrogens with one attached hydrogen (secondary N) is 1. The van der Waals surface area contributed by atoms with Crippen molar-refractivity contribution in [1.29, 1.82) is 0 Å². The Bertz CT molecular complexity index is 774. The van der Waals surface area contributed by atoms with Crippen molar-refractivity contribution in [1.82, 2.24) is 0 Å². The number of sulfone groups is 1. The zero-order chi connectivity index (χ0) is 19.5. The van der Waals surface area contributed by atoms with Gasteiger partial charge in [-0.05, 0) is 43.5 Å². The molecule has 1 amide bonds. The standard InChI is InChI=1S/C16H18F3NO5S/c1-10(25-14(21)8-11-6-7-26(23,24)9-11)15(22)20-13-4-2-12(3-5-13)16(17,18)19/h2-5,10-11H,6-9H2,1H3,(H,20,22)/t10-,11+/m0/s1. The van der Waals surface area contributed by atoms with E-state index in [1.165, 1.54) is 6.92 Å². The molecule has 0 bridgehead atoms. The van der Waals surface area contributed by atoms with Crippen molar-refractivity contribution in [3.8, 4) is 0 Å². The third kappa shape index (κ3) is 5.72. The summed E-state index contributed by atoms with van der Waals surface area (Å²) in [6.45, 7) is 1.32. The quantitative estimate of drug-likeness (QED) is 0.776. The van der Waals surface area contributed by atoms with Crippen LogP contribution in [-0.4, -0.2) is 37.9 Å². The third-order valence-corrected chi connectivity index (χ3v) is 5.78. The molecule has 1 saturated heterocycles. The average molecular weight is 393 g/mol. The fourth-order valence-electron chi connectivity index (χ4n) is 2.55. The van der Waals surface area contributed by atoms with Gasteiger partial charge in [0.15, 0.2) is 15.9 Å². The number of halogens is 3. The second kappa shape index (κ2) is 7.65. The first kappa shape index (κ1) is 20.2. The minimum atomic E-state index is -4.47. The molecule has 0 saturated carbocycles. The molecule has 0 aromatic heterocycles. The van der Waals surface area contributed by atoms with Crippen LogP contribution in [0.4, 0.5) is 18.9 Å². The highest BCUT2D eigenvalue weighted by Crippen LogP contribution is 2.29. The van der Waals surface area contributed by atoms with Crippen molar-refractivity contribution in [2.24, 2.45) is 5.92 Å². The summed E-state index contributed by atoms with van der Waals surface area (Å²) in [6.07, 6.45) is -5.36. The number of hydrogen-bond acceptors (Lipinski definition) is 5. The van der Waals surface area contributed by atoms with E-state index in [2.05, 4.69) is 5.32 Å². The molecule has 2 rings (SSSR count). The van der Waals surface area contributed by atoms with E-state index in [4.69, 9.17) is 4.74 Å². The van der Waals surface area contributed by atoms with Crippen LogP contribution in [0.1, 0.15) is 25.3 Å². The van der Waals surface area contributed by atoms with Gasteiger partial charge in [-0.2, -0.15) is 13.2 Å². The summed E-state index contributed by atoms with van der Waals surface area (Å²) in [7, 11) is -3.11. The fraction of sp³-hybridized carbons (Fsp3) is 0.500. The maximum atomic E-state index is 12.5. The van der Waals surface area contributed by atoms with Gasteiger partial charge < -0.3 is 10.1 Å². The van der Waals surface area contributed by atoms with E-state index >= 15 is 0 Å². The van der Waals surface area contributed by atoms with Crippen LogP contribution in [-0.2, 0) is 30.3 Å². The van der Waals surface area contributed by atoms with Crippen molar-refractivity contribution in [3.63, 3.8) is 0 Å². The first-order valence-electron chi connectivity index (χ1n) is 7.84. The molecule has 2 atom stereocenters. The van der Waals surface area contributed by atoms with Gasteiger partial charge in [0, 0.05) is 12.1 Å². The molecular formula is C16H18F3NO5S. The molecule has 1 fully saturated rings. The van der Waals surface area contributed by atoms with Crippen molar-refractivity contribution in [2.45, 2.75) is 32.0 Å². The van der Waals surface area contributed by atoms with Crippen LogP contribution < -0.4 is 5.32 Å². The summed E-state index contributed by atoms with van der Waals surface area (Å²) >= 11 is 0. The molecule has 0 radical (unpaired) electrons. The first-order valence-corrected chi connectivity index (χ1v) is 9.66. The summed E-state index contributed by atoms with van der Waals surface area (Å²) in [5, 5.41) is 2.35. The number of carbonyl (C=O) groups is 2. The highest BCUT2D eigenvalue weighted by molar-refractivity contribution is 7.91. The molecule has 0 unspecified atom stereocenters. The lowest BCUT2D eigenvalue weighted by molar-refractivity contribution is -0.153. The number of benzene rings is 1. The van der Waals surface area contributed by atoms with Crippen molar-refractivity contribution in [2.75, 3.05) is 16.8 Å². The predicted molar refractivity (Wildman–Crippen MR) is 87.0 cm³/mol. The molecule has 1 aliphatic heterocycles. The van der Waals surface area contributed by atoms with Crippen LogP contribution in [0.2, 0.25) is 0 Å². The topological polar surface area (TPSA) is 89.5 Å². The Labute approximate surface area is 148 Å². The molecule has 1 aromatic carbocycles. The zero-order valence-electron chi connectivity index (χ0n) is 13.9. The van der Waals surface area contributed by atoms with Crippen LogP contribution in [0.15, 0.2) is 24.3 Å². The van der Waals surface area contributed by atoms with Gasteiger partial charge in [0.1, 0.15) is 0 Å². The Hall–Kier alpha value is -2.10. The van der Waals surface area contributed by atoms with Gasteiger partial charge in [0.05, 0.1) is 17.1 Å². The van der Waals surface area contributed by atoms with Gasteiger partial charge in [-0.1, -0.05) is 0 Å². The van der Waals surface area contributed by atoms with Crippen LogP contribution in [0.25, 0.3) is 0 Å². The lowest BCUT2D eigenvalue weighted by Gasteiger charge is -2.15.